The highest BCUT2D eigenvalue weighted by Crippen LogP contribution is 2.50. The maximum atomic E-state index is 2.54. The number of rotatable bonds is 6. The van der Waals surface area contributed by atoms with E-state index in [1.54, 1.807) is 0 Å². The van der Waals surface area contributed by atoms with Crippen molar-refractivity contribution in [3.05, 3.63) is 170 Å². The summed E-state index contributed by atoms with van der Waals surface area (Å²) in [5, 5.41) is 14.1. The predicted octanol–water partition coefficient (Wildman–Crippen LogP) is 12.4. The number of fused-ring (bicyclic) bond motifs is 11. The molecule has 0 bridgehead atoms. The standard InChI is InChI=1S/C46H28P2S4/c1-5-13-29(14-6-1)47(30-15-7-2-8-16-30)41-27-33-35(51-41)21-23-37-43(33)45-39(49-37)25-26-40-46(45)44-34-28-42(52-36(34)22-24-38(44)50-40)48(31-17-9-3-10-18-31)32-19-11-4-12-20-32/h1-28H. The van der Waals surface area contributed by atoms with Crippen molar-refractivity contribution in [1.82, 2.24) is 0 Å². The van der Waals surface area contributed by atoms with Crippen molar-refractivity contribution >= 4 is 152 Å². The molecule has 246 valence electrons. The van der Waals surface area contributed by atoms with E-state index < -0.39 is 15.8 Å². The molecule has 0 amide bonds. The molecule has 0 fully saturated rings. The summed E-state index contributed by atoms with van der Waals surface area (Å²) in [6.45, 7) is 0. The van der Waals surface area contributed by atoms with Crippen LogP contribution in [0.25, 0.3) is 60.5 Å². The summed E-state index contributed by atoms with van der Waals surface area (Å²) >= 11 is 7.84. The SMILES string of the molecule is c1ccc(P(c2ccccc2)c2cc3c(ccc4sc5ccc6sc7ccc8sc(P(c9ccccc9)c9ccccc9)cc8c7c6c5c43)s2)cc1. The Kier molecular flexibility index (Phi) is 7.65. The monoisotopic (exact) mass is 770 g/mol. The summed E-state index contributed by atoms with van der Waals surface area (Å²) in [4.78, 5) is 0. The van der Waals surface area contributed by atoms with E-state index >= 15 is 0 Å². The lowest BCUT2D eigenvalue weighted by Crippen LogP contribution is -2.18. The number of hydrogen-bond donors (Lipinski definition) is 0. The van der Waals surface area contributed by atoms with E-state index in [1.165, 1.54) is 91.0 Å². The lowest BCUT2D eigenvalue weighted by atomic mass is 10.0. The third kappa shape index (κ3) is 5.05. The van der Waals surface area contributed by atoms with Crippen LogP contribution < -0.4 is 30.5 Å². The second-order valence-corrected chi connectivity index (χ2v) is 22.2. The fourth-order valence-corrected chi connectivity index (χ4v) is 18.1. The minimum absolute atomic E-state index is 0.669. The van der Waals surface area contributed by atoms with Gasteiger partial charge in [-0.25, -0.2) is 0 Å². The largest absolute Gasteiger partial charge is 0.135 e. The van der Waals surface area contributed by atoms with Crippen LogP contribution in [0.2, 0.25) is 0 Å². The van der Waals surface area contributed by atoms with Gasteiger partial charge in [0.2, 0.25) is 0 Å². The third-order valence-corrected chi connectivity index (χ3v) is 20.0. The zero-order chi connectivity index (χ0) is 34.2. The zero-order valence-corrected chi connectivity index (χ0v) is 32.7. The van der Waals surface area contributed by atoms with E-state index in [0.29, 0.717) is 0 Å². The van der Waals surface area contributed by atoms with Crippen molar-refractivity contribution in [3.63, 3.8) is 0 Å². The van der Waals surface area contributed by atoms with E-state index in [0.717, 1.165) is 0 Å². The van der Waals surface area contributed by atoms with Crippen LogP contribution in [0.15, 0.2) is 170 Å². The lowest BCUT2D eigenvalue weighted by molar-refractivity contribution is 1.75. The molecule has 0 saturated carbocycles. The van der Waals surface area contributed by atoms with Gasteiger partial charge in [-0.2, -0.15) is 0 Å². The van der Waals surface area contributed by atoms with E-state index in [1.807, 2.05) is 45.3 Å². The molecule has 0 unspecified atom stereocenters. The van der Waals surface area contributed by atoms with Gasteiger partial charge in [0.25, 0.3) is 0 Å². The van der Waals surface area contributed by atoms with E-state index in [9.17, 15) is 0 Å². The summed E-state index contributed by atoms with van der Waals surface area (Å²) < 4.78 is 11.1. The van der Waals surface area contributed by atoms with Gasteiger partial charge in [0, 0.05) is 69.8 Å². The first-order valence-electron chi connectivity index (χ1n) is 17.3. The van der Waals surface area contributed by atoms with Crippen molar-refractivity contribution in [2.75, 3.05) is 0 Å². The van der Waals surface area contributed by atoms with Crippen LogP contribution in [0.3, 0.4) is 0 Å². The lowest BCUT2D eigenvalue weighted by Gasteiger charge is -2.16. The Labute approximate surface area is 319 Å². The van der Waals surface area contributed by atoms with Gasteiger partial charge in [0.05, 0.1) is 0 Å². The average Bonchev–Trinajstić information content (AvgIpc) is 3.98. The second-order valence-electron chi connectivity index (χ2n) is 12.9. The molecule has 52 heavy (non-hydrogen) atoms. The van der Waals surface area contributed by atoms with Crippen LogP contribution in [-0.2, 0) is 0 Å². The quantitative estimate of drug-likeness (QED) is 0.148. The molecule has 7 aromatic carbocycles. The van der Waals surface area contributed by atoms with Gasteiger partial charge in [-0.05, 0) is 85.6 Å². The second kappa shape index (κ2) is 12.7. The molecule has 0 nitrogen and oxygen atoms in total. The zero-order valence-electron chi connectivity index (χ0n) is 27.7. The van der Waals surface area contributed by atoms with Gasteiger partial charge in [-0.15, -0.1) is 45.3 Å². The van der Waals surface area contributed by atoms with Crippen molar-refractivity contribution in [3.8, 4) is 0 Å². The number of thiophene rings is 4. The van der Waals surface area contributed by atoms with Gasteiger partial charge in [-0.3, -0.25) is 0 Å². The van der Waals surface area contributed by atoms with E-state index in [-0.39, 0.29) is 0 Å². The van der Waals surface area contributed by atoms with Crippen molar-refractivity contribution in [1.29, 1.82) is 0 Å². The fourth-order valence-electron chi connectivity index (χ4n) is 7.65. The molecule has 0 aliphatic carbocycles. The van der Waals surface area contributed by atoms with Crippen LogP contribution in [0.1, 0.15) is 0 Å². The minimum atomic E-state index is -0.669. The minimum Gasteiger partial charge on any atom is -0.135 e. The smallest absolute Gasteiger partial charge is 0.0381 e. The molecule has 4 aromatic heterocycles. The molecule has 0 aliphatic heterocycles. The number of hydrogen-bond acceptors (Lipinski definition) is 4. The van der Waals surface area contributed by atoms with Crippen LogP contribution >= 0.6 is 61.2 Å². The molecule has 4 heterocycles. The highest BCUT2D eigenvalue weighted by atomic mass is 32.1. The molecular weight excluding hydrogens is 743 g/mol. The number of benzene rings is 7. The van der Waals surface area contributed by atoms with Crippen molar-refractivity contribution in [2.24, 2.45) is 0 Å². The first-order chi connectivity index (χ1) is 25.8. The Morgan fingerprint density at radius 2 is 0.558 bits per heavy atom. The van der Waals surface area contributed by atoms with Gasteiger partial charge >= 0.3 is 0 Å². The maximum Gasteiger partial charge on any atom is 0.0381 e. The molecule has 0 saturated heterocycles. The van der Waals surface area contributed by atoms with Gasteiger partial charge < -0.3 is 0 Å². The summed E-state index contributed by atoms with van der Waals surface area (Å²) in [6.07, 6.45) is 0. The molecule has 0 aliphatic rings. The van der Waals surface area contributed by atoms with Crippen molar-refractivity contribution in [2.45, 2.75) is 0 Å². The first kappa shape index (κ1) is 31.3. The molecule has 6 heteroatoms. The Bertz CT molecular complexity index is 2780. The average molecular weight is 771 g/mol. The molecule has 0 radical (unpaired) electrons. The Morgan fingerprint density at radius 1 is 0.269 bits per heavy atom. The van der Waals surface area contributed by atoms with Crippen LogP contribution in [0.5, 0.6) is 0 Å². The van der Waals surface area contributed by atoms with E-state index in [4.69, 9.17) is 0 Å². The molecular formula is C46H28P2S4. The molecule has 11 aromatic rings. The van der Waals surface area contributed by atoms with E-state index in [2.05, 4.69) is 170 Å². The normalized spacial score (nSPS) is 12.2. The van der Waals surface area contributed by atoms with Gasteiger partial charge in [-0.1, -0.05) is 121 Å². The fraction of sp³-hybridized carbons (Fsp3) is 0. The summed E-state index contributed by atoms with van der Waals surface area (Å²) in [5.41, 5.74) is 0. The van der Waals surface area contributed by atoms with Crippen LogP contribution in [0.4, 0.5) is 0 Å². The maximum absolute atomic E-state index is 2.54. The van der Waals surface area contributed by atoms with Crippen molar-refractivity contribution < 1.29 is 0 Å². The van der Waals surface area contributed by atoms with Crippen LogP contribution in [-0.4, -0.2) is 0 Å². The van der Waals surface area contributed by atoms with Gasteiger partial charge in [0.1, 0.15) is 0 Å². The molecule has 11 rings (SSSR count). The summed E-state index contributed by atoms with van der Waals surface area (Å²) in [7, 11) is -1.34. The highest BCUT2D eigenvalue weighted by Gasteiger charge is 2.24. The summed E-state index contributed by atoms with van der Waals surface area (Å²) in [6, 6.07) is 63.8. The Morgan fingerprint density at radius 3 is 0.885 bits per heavy atom. The third-order valence-electron chi connectivity index (χ3n) is 9.87. The summed E-state index contributed by atoms with van der Waals surface area (Å²) in [5.74, 6) is 0. The Balaban J connectivity index is 1.18. The van der Waals surface area contributed by atoms with Gasteiger partial charge in [0.15, 0.2) is 0 Å². The highest BCUT2D eigenvalue weighted by molar-refractivity contribution is 7.85. The first-order valence-corrected chi connectivity index (χ1v) is 23.2. The molecule has 0 spiro atoms. The predicted molar refractivity (Wildman–Crippen MR) is 240 cm³/mol. The molecule has 0 atom stereocenters. The molecule has 0 N–H and O–H groups in total. The Hall–Kier alpha value is -4.24. The van der Waals surface area contributed by atoms with Crippen LogP contribution in [0, 0.1) is 0 Å². The topological polar surface area (TPSA) is 0 Å².